The normalized spacial score (nSPS) is 10.9. The fraction of sp³-hybridized carbons (Fsp3) is 0.222. The zero-order chi connectivity index (χ0) is 10.3. The van der Waals surface area contributed by atoms with Gasteiger partial charge in [0.05, 0.1) is 15.9 Å². The second-order valence-corrected chi connectivity index (χ2v) is 4.54. The molecular weight excluding hydrogens is 312 g/mol. The van der Waals surface area contributed by atoms with Crippen molar-refractivity contribution >= 4 is 50.9 Å². The summed E-state index contributed by atoms with van der Waals surface area (Å²) in [7, 11) is 3.76. The van der Waals surface area contributed by atoms with Crippen LogP contribution in [0.4, 0.5) is 5.82 Å². The van der Waals surface area contributed by atoms with Crippen molar-refractivity contribution < 1.29 is 0 Å². The summed E-state index contributed by atoms with van der Waals surface area (Å²) in [4.78, 5) is 0. The van der Waals surface area contributed by atoms with Crippen LogP contribution in [0.2, 0.25) is 5.02 Å². The van der Waals surface area contributed by atoms with Gasteiger partial charge in [-0.15, -0.1) is 0 Å². The van der Waals surface area contributed by atoms with Gasteiger partial charge in [-0.1, -0.05) is 11.6 Å². The van der Waals surface area contributed by atoms with Crippen LogP contribution in [0.3, 0.4) is 0 Å². The van der Waals surface area contributed by atoms with Crippen LogP contribution in [-0.2, 0) is 7.05 Å². The smallest absolute Gasteiger partial charge is 0.157 e. The quantitative estimate of drug-likeness (QED) is 0.819. The van der Waals surface area contributed by atoms with Crippen LogP contribution in [0.15, 0.2) is 12.1 Å². The lowest BCUT2D eigenvalue weighted by Crippen LogP contribution is -1.93. The fourth-order valence-electron chi connectivity index (χ4n) is 1.51. The standard InChI is InChI=1S/C9H9ClIN3/c1-12-9-7-5(10)3-4-6(11)8(7)14(2)13-9/h3-4H,1-2H3,(H,12,13). The van der Waals surface area contributed by atoms with E-state index in [9.17, 15) is 0 Å². The van der Waals surface area contributed by atoms with Gasteiger partial charge >= 0.3 is 0 Å². The number of halogens is 2. The van der Waals surface area contributed by atoms with E-state index in [1.807, 2.05) is 30.9 Å². The molecular formula is C9H9ClIN3. The molecule has 0 bridgehead atoms. The predicted octanol–water partition coefficient (Wildman–Crippen LogP) is 2.87. The van der Waals surface area contributed by atoms with Crippen LogP contribution in [0.1, 0.15) is 0 Å². The summed E-state index contributed by atoms with van der Waals surface area (Å²) in [6, 6.07) is 3.89. The molecule has 0 unspecified atom stereocenters. The third-order valence-electron chi connectivity index (χ3n) is 2.13. The van der Waals surface area contributed by atoms with Crippen molar-refractivity contribution in [3.8, 4) is 0 Å². The molecule has 0 radical (unpaired) electrons. The highest BCUT2D eigenvalue weighted by molar-refractivity contribution is 14.1. The molecule has 1 aromatic heterocycles. The molecule has 1 N–H and O–H groups in total. The number of rotatable bonds is 1. The highest BCUT2D eigenvalue weighted by Crippen LogP contribution is 2.32. The van der Waals surface area contributed by atoms with Crippen LogP contribution in [0.25, 0.3) is 10.9 Å². The first-order chi connectivity index (χ1) is 6.65. The first-order valence-electron chi connectivity index (χ1n) is 4.13. The Balaban J connectivity index is 2.94. The van der Waals surface area contributed by atoms with E-state index in [-0.39, 0.29) is 0 Å². The van der Waals surface area contributed by atoms with Crippen molar-refractivity contribution in [2.75, 3.05) is 12.4 Å². The molecule has 0 aliphatic rings. The number of benzene rings is 1. The van der Waals surface area contributed by atoms with Crippen molar-refractivity contribution in [1.29, 1.82) is 0 Å². The van der Waals surface area contributed by atoms with Crippen LogP contribution >= 0.6 is 34.2 Å². The molecule has 5 heteroatoms. The summed E-state index contributed by atoms with van der Waals surface area (Å²) in [6.07, 6.45) is 0. The Morgan fingerprint density at radius 2 is 2.21 bits per heavy atom. The topological polar surface area (TPSA) is 29.9 Å². The largest absolute Gasteiger partial charge is 0.371 e. The molecule has 0 aliphatic heterocycles. The Kier molecular flexibility index (Phi) is 2.57. The number of aromatic nitrogens is 2. The molecule has 0 spiro atoms. The SMILES string of the molecule is CNc1nn(C)c2c(I)ccc(Cl)c12. The second kappa shape index (κ2) is 3.58. The molecule has 0 fully saturated rings. The van der Waals surface area contributed by atoms with Gasteiger partial charge in [0, 0.05) is 17.7 Å². The van der Waals surface area contributed by atoms with Crippen LogP contribution in [0, 0.1) is 3.57 Å². The molecule has 0 saturated carbocycles. The molecule has 0 atom stereocenters. The van der Waals surface area contributed by atoms with E-state index < -0.39 is 0 Å². The average molecular weight is 322 g/mol. The van der Waals surface area contributed by atoms with Crippen molar-refractivity contribution in [3.05, 3.63) is 20.7 Å². The Morgan fingerprint density at radius 3 is 2.86 bits per heavy atom. The van der Waals surface area contributed by atoms with Gasteiger partial charge in [0.2, 0.25) is 0 Å². The summed E-state index contributed by atoms with van der Waals surface area (Å²) in [5.74, 6) is 0.825. The Labute approximate surface area is 101 Å². The number of anilines is 1. The van der Waals surface area contributed by atoms with Crippen molar-refractivity contribution in [3.63, 3.8) is 0 Å². The van der Waals surface area contributed by atoms with Gasteiger partial charge in [0.15, 0.2) is 5.82 Å². The van der Waals surface area contributed by atoms with Crippen LogP contribution in [-0.4, -0.2) is 16.8 Å². The van der Waals surface area contributed by atoms with Gasteiger partial charge in [0.25, 0.3) is 0 Å². The number of nitrogens with one attached hydrogen (secondary N) is 1. The van der Waals surface area contributed by atoms with E-state index >= 15 is 0 Å². The number of aryl methyl sites for hydroxylation is 1. The zero-order valence-corrected chi connectivity index (χ0v) is 10.7. The van der Waals surface area contributed by atoms with E-state index in [1.165, 1.54) is 0 Å². The lowest BCUT2D eigenvalue weighted by atomic mass is 10.2. The molecule has 3 nitrogen and oxygen atoms in total. The number of fused-ring (bicyclic) bond motifs is 1. The van der Waals surface area contributed by atoms with Gasteiger partial charge in [-0.2, -0.15) is 5.10 Å². The summed E-state index contributed by atoms with van der Waals surface area (Å²) in [6.45, 7) is 0. The molecule has 2 rings (SSSR count). The molecule has 1 heterocycles. The van der Waals surface area contributed by atoms with E-state index in [0.717, 1.165) is 25.3 Å². The van der Waals surface area contributed by atoms with Crippen LogP contribution in [0.5, 0.6) is 0 Å². The van der Waals surface area contributed by atoms with Gasteiger partial charge in [-0.3, -0.25) is 4.68 Å². The van der Waals surface area contributed by atoms with E-state index in [4.69, 9.17) is 11.6 Å². The lowest BCUT2D eigenvalue weighted by molar-refractivity contribution is 0.798. The van der Waals surface area contributed by atoms with E-state index in [2.05, 4.69) is 33.0 Å². The summed E-state index contributed by atoms with van der Waals surface area (Å²) < 4.78 is 2.99. The summed E-state index contributed by atoms with van der Waals surface area (Å²) in [5.41, 5.74) is 1.07. The summed E-state index contributed by atoms with van der Waals surface area (Å²) in [5, 5.41) is 9.11. The number of hydrogen-bond acceptors (Lipinski definition) is 2. The first kappa shape index (κ1) is 10.0. The Bertz CT molecular complexity index is 492. The Hall–Kier alpha value is -0.490. The summed E-state index contributed by atoms with van der Waals surface area (Å²) >= 11 is 8.41. The molecule has 0 saturated heterocycles. The third kappa shape index (κ3) is 1.37. The molecule has 1 aromatic carbocycles. The maximum absolute atomic E-state index is 6.13. The number of nitrogens with zero attached hydrogens (tertiary/aromatic N) is 2. The van der Waals surface area contributed by atoms with Gasteiger partial charge in [-0.05, 0) is 34.7 Å². The van der Waals surface area contributed by atoms with Crippen molar-refractivity contribution in [1.82, 2.24) is 9.78 Å². The molecule has 2 aromatic rings. The number of hydrogen-bond donors (Lipinski definition) is 1. The average Bonchev–Trinajstić information content (AvgIpc) is 2.50. The Morgan fingerprint density at radius 1 is 1.50 bits per heavy atom. The highest BCUT2D eigenvalue weighted by atomic mass is 127. The van der Waals surface area contributed by atoms with Crippen LogP contribution < -0.4 is 5.32 Å². The van der Waals surface area contributed by atoms with Gasteiger partial charge in [0.1, 0.15) is 0 Å². The highest BCUT2D eigenvalue weighted by Gasteiger charge is 2.12. The monoisotopic (exact) mass is 321 g/mol. The predicted molar refractivity (Wildman–Crippen MR) is 68.0 cm³/mol. The maximum atomic E-state index is 6.13. The lowest BCUT2D eigenvalue weighted by Gasteiger charge is -1.99. The maximum Gasteiger partial charge on any atom is 0.157 e. The van der Waals surface area contributed by atoms with Gasteiger partial charge in [-0.25, -0.2) is 0 Å². The van der Waals surface area contributed by atoms with Crippen molar-refractivity contribution in [2.45, 2.75) is 0 Å². The molecule has 0 amide bonds. The minimum absolute atomic E-state index is 0.734. The first-order valence-corrected chi connectivity index (χ1v) is 5.59. The van der Waals surface area contributed by atoms with E-state index in [0.29, 0.717) is 0 Å². The molecule has 0 aliphatic carbocycles. The fourth-order valence-corrected chi connectivity index (χ4v) is 2.55. The third-order valence-corrected chi connectivity index (χ3v) is 3.31. The second-order valence-electron chi connectivity index (χ2n) is 2.98. The molecule has 14 heavy (non-hydrogen) atoms. The van der Waals surface area contributed by atoms with Crippen molar-refractivity contribution in [2.24, 2.45) is 7.05 Å². The van der Waals surface area contributed by atoms with Gasteiger partial charge < -0.3 is 5.32 Å². The minimum atomic E-state index is 0.734. The minimum Gasteiger partial charge on any atom is -0.371 e. The molecule has 74 valence electrons. The zero-order valence-electron chi connectivity index (χ0n) is 7.81. The van der Waals surface area contributed by atoms with E-state index in [1.54, 1.807) is 0 Å².